The molecule has 0 spiro atoms. The molecule has 3 aromatic rings. The zero-order valence-electron chi connectivity index (χ0n) is 11.6. The average molecular weight is 300 g/mol. The standard InChI is InChI=1S/C13H12N6O3/c1-22-8-4-2-7(3-5-8)10(20)6-9-11(21)18-19-12(14)16-17-13(19)15-9/h2-5H,6H2,1H3,(H2,14,16)(H,18,21). The number of nitrogens with two attached hydrogens (primary N) is 1. The summed E-state index contributed by atoms with van der Waals surface area (Å²) >= 11 is 0. The van der Waals surface area contributed by atoms with E-state index in [4.69, 9.17) is 10.5 Å². The van der Waals surface area contributed by atoms with E-state index in [0.29, 0.717) is 11.3 Å². The van der Waals surface area contributed by atoms with Crippen LogP contribution in [0.4, 0.5) is 5.95 Å². The highest BCUT2D eigenvalue weighted by molar-refractivity contribution is 5.97. The summed E-state index contributed by atoms with van der Waals surface area (Å²) in [5, 5.41) is 9.75. The summed E-state index contributed by atoms with van der Waals surface area (Å²) in [6.45, 7) is 0. The molecule has 0 aliphatic rings. The predicted octanol–water partition coefficient (Wildman–Crippen LogP) is -0.171. The van der Waals surface area contributed by atoms with Crippen molar-refractivity contribution in [1.82, 2.24) is 24.8 Å². The first kappa shape index (κ1) is 13.7. The number of hydrogen-bond donors (Lipinski definition) is 2. The van der Waals surface area contributed by atoms with Crippen molar-refractivity contribution in [3.8, 4) is 5.75 Å². The van der Waals surface area contributed by atoms with Crippen LogP contribution in [-0.2, 0) is 6.42 Å². The SMILES string of the molecule is COc1ccc(C(=O)Cc2nc3nnc(N)n3[nH]c2=O)cc1. The molecule has 0 aliphatic carbocycles. The Morgan fingerprint density at radius 1 is 1.32 bits per heavy atom. The third kappa shape index (κ3) is 2.39. The smallest absolute Gasteiger partial charge is 0.285 e. The highest BCUT2D eigenvalue weighted by Gasteiger charge is 2.14. The van der Waals surface area contributed by atoms with Gasteiger partial charge in [0.2, 0.25) is 5.95 Å². The third-order valence-corrected chi connectivity index (χ3v) is 3.12. The molecule has 2 heterocycles. The van der Waals surface area contributed by atoms with E-state index in [-0.39, 0.29) is 29.6 Å². The Kier molecular flexibility index (Phi) is 3.30. The molecule has 0 radical (unpaired) electrons. The van der Waals surface area contributed by atoms with Gasteiger partial charge in [-0.3, -0.25) is 14.7 Å². The lowest BCUT2D eigenvalue weighted by atomic mass is 10.1. The molecule has 22 heavy (non-hydrogen) atoms. The van der Waals surface area contributed by atoms with Crippen molar-refractivity contribution < 1.29 is 9.53 Å². The molecule has 112 valence electrons. The summed E-state index contributed by atoms with van der Waals surface area (Å²) in [5.74, 6) is 0.563. The minimum atomic E-state index is -0.513. The van der Waals surface area contributed by atoms with Crippen molar-refractivity contribution in [2.24, 2.45) is 0 Å². The Morgan fingerprint density at radius 3 is 2.73 bits per heavy atom. The third-order valence-electron chi connectivity index (χ3n) is 3.12. The molecule has 0 aliphatic heterocycles. The lowest BCUT2D eigenvalue weighted by Gasteiger charge is -2.03. The van der Waals surface area contributed by atoms with Gasteiger partial charge < -0.3 is 10.5 Å². The number of ether oxygens (including phenoxy) is 1. The Balaban J connectivity index is 1.89. The number of methoxy groups -OCH3 is 1. The molecule has 0 fully saturated rings. The quantitative estimate of drug-likeness (QED) is 0.640. The van der Waals surface area contributed by atoms with Gasteiger partial charge in [-0.25, -0.2) is 4.98 Å². The van der Waals surface area contributed by atoms with E-state index in [0.717, 1.165) is 4.52 Å². The van der Waals surface area contributed by atoms with Crippen molar-refractivity contribution in [2.75, 3.05) is 12.8 Å². The second-order valence-electron chi connectivity index (χ2n) is 4.52. The van der Waals surface area contributed by atoms with Gasteiger partial charge in [0.1, 0.15) is 11.4 Å². The van der Waals surface area contributed by atoms with Crippen LogP contribution in [0.1, 0.15) is 16.1 Å². The minimum Gasteiger partial charge on any atom is -0.497 e. The molecule has 1 aromatic carbocycles. The van der Waals surface area contributed by atoms with Gasteiger partial charge in [0.25, 0.3) is 11.3 Å². The first-order valence-corrected chi connectivity index (χ1v) is 6.35. The number of benzene rings is 1. The molecular weight excluding hydrogens is 288 g/mol. The van der Waals surface area contributed by atoms with Crippen LogP contribution in [0.25, 0.3) is 5.78 Å². The van der Waals surface area contributed by atoms with Gasteiger partial charge in [0.05, 0.1) is 13.5 Å². The van der Waals surface area contributed by atoms with Gasteiger partial charge in [-0.1, -0.05) is 0 Å². The lowest BCUT2D eigenvalue weighted by Crippen LogP contribution is -2.22. The first-order valence-electron chi connectivity index (χ1n) is 6.35. The normalized spacial score (nSPS) is 10.8. The Labute approximate surface area is 123 Å². The van der Waals surface area contributed by atoms with Gasteiger partial charge in [-0.05, 0) is 24.3 Å². The van der Waals surface area contributed by atoms with E-state index >= 15 is 0 Å². The number of aromatic amines is 1. The summed E-state index contributed by atoms with van der Waals surface area (Å²) in [7, 11) is 1.54. The van der Waals surface area contributed by atoms with E-state index in [1.807, 2.05) is 0 Å². The predicted molar refractivity (Wildman–Crippen MR) is 76.8 cm³/mol. The number of rotatable bonds is 4. The molecular formula is C13H12N6O3. The Morgan fingerprint density at radius 2 is 2.05 bits per heavy atom. The van der Waals surface area contributed by atoms with Gasteiger partial charge in [-0.2, -0.15) is 4.52 Å². The fourth-order valence-corrected chi connectivity index (χ4v) is 1.96. The van der Waals surface area contributed by atoms with Crippen LogP contribution in [0.5, 0.6) is 5.75 Å². The van der Waals surface area contributed by atoms with Gasteiger partial charge >= 0.3 is 0 Å². The molecule has 0 amide bonds. The zero-order valence-corrected chi connectivity index (χ0v) is 11.6. The van der Waals surface area contributed by atoms with Gasteiger partial charge in [0.15, 0.2) is 5.78 Å². The molecule has 3 N–H and O–H groups in total. The summed E-state index contributed by atoms with van der Waals surface area (Å²) in [5.41, 5.74) is 5.52. The van der Waals surface area contributed by atoms with Crippen molar-refractivity contribution in [1.29, 1.82) is 0 Å². The number of ketones is 1. The van der Waals surface area contributed by atoms with E-state index in [1.165, 1.54) is 0 Å². The maximum Gasteiger partial charge on any atom is 0.285 e. The van der Waals surface area contributed by atoms with Crippen LogP contribution >= 0.6 is 0 Å². The number of fused-ring (bicyclic) bond motifs is 1. The molecule has 3 rings (SSSR count). The number of Topliss-reactive ketones (excluding diaryl/α,β-unsaturated/α-hetero) is 1. The van der Waals surface area contributed by atoms with Crippen LogP contribution < -0.4 is 16.0 Å². The number of H-pyrrole nitrogens is 1. The monoisotopic (exact) mass is 300 g/mol. The molecule has 0 unspecified atom stereocenters. The van der Waals surface area contributed by atoms with Crippen LogP contribution in [0.2, 0.25) is 0 Å². The second-order valence-corrected chi connectivity index (χ2v) is 4.52. The maximum atomic E-state index is 12.2. The van der Waals surface area contributed by atoms with Crippen molar-refractivity contribution in [3.05, 3.63) is 45.9 Å². The molecule has 0 saturated carbocycles. The molecule has 0 atom stereocenters. The van der Waals surface area contributed by atoms with Crippen LogP contribution in [-0.4, -0.2) is 37.7 Å². The number of nitrogen functional groups attached to an aromatic ring is 1. The maximum absolute atomic E-state index is 12.2. The summed E-state index contributed by atoms with van der Waals surface area (Å²) in [6.07, 6.45) is -0.148. The number of nitrogens with zero attached hydrogens (tertiary/aromatic N) is 4. The number of carbonyl (C=O) groups is 1. The zero-order chi connectivity index (χ0) is 15.7. The number of aromatic nitrogens is 5. The summed E-state index contributed by atoms with van der Waals surface area (Å²) in [6, 6.07) is 6.60. The van der Waals surface area contributed by atoms with E-state index < -0.39 is 5.56 Å². The summed E-state index contributed by atoms with van der Waals surface area (Å²) < 4.78 is 6.18. The molecule has 0 saturated heterocycles. The minimum absolute atomic E-state index is 0.0210. The Hall–Kier alpha value is -3.23. The first-order chi connectivity index (χ1) is 10.6. The molecule has 9 nitrogen and oxygen atoms in total. The fraction of sp³-hybridized carbons (Fsp3) is 0.154. The lowest BCUT2D eigenvalue weighted by molar-refractivity contribution is 0.0991. The highest BCUT2D eigenvalue weighted by Crippen LogP contribution is 2.12. The average Bonchev–Trinajstić information content (AvgIpc) is 2.88. The summed E-state index contributed by atoms with van der Waals surface area (Å²) in [4.78, 5) is 28.1. The van der Waals surface area contributed by atoms with Crippen LogP contribution in [0.3, 0.4) is 0 Å². The molecule has 0 bridgehead atoms. The van der Waals surface area contributed by atoms with Gasteiger partial charge in [0, 0.05) is 5.56 Å². The molecule has 9 heteroatoms. The van der Waals surface area contributed by atoms with E-state index in [1.54, 1.807) is 31.4 Å². The fourth-order valence-electron chi connectivity index (χ4n) is 1.96. The largest absolute Gasteiger partial charge is 0.497 e. The van der Waals surface area contributed by atoms with Crippen LogP contribution in [0.15, 0.2) is 29.1 Å². The number of hydrogen-bond acceptors (Lipinski definition) is 7. The molecule has 2 aromatic heterocycles. The number of anilines is 1. The van der Waals surface area contributed by atoms with Crippen molar-refractivity contribution in [3.63, 3.8) is 0 Å². The Bertz CT molecular complexity index is 896. The second kappa shape index (κ2) is 5.28. The van der Waals surface area contributed by atoms with Crippen LogP contribution in [0, 0.1) is 0 Å². The highest BCUT2D eigenvalue weighted by atomic mass is 16.5. The topological polar surface area (TPSA) is 128 Å². The van der Waals surface area contributed by atoms with Crippen molar-refractivity contribution >= 4 is 17.5 Å². The van der Waals surface area contributed by atoms with E-state index in [9.17, 15) is 9.59 Å². The number of carbonyl (C=O) groups excluding carboxylic acids is 1. The van der Waals surface area contributed by atoms with E-state index in [2.05, 4.69) is 20.3 Å². The number of nitrogens with one attached hydrogen (secondary N) is 1. The van der Waals surface area contributed by atoms with Gasteiger partial charge in [-0.15, -0.1) is 10.2 Å². The van der Waals surface area contributed by atoms with Crippen molar-refractivity contribution in [2.45, 2.75) is 6.42 Å².